The molecule has 0 atom stereocenters. The fourth-order valence-electron chi connectivity index (χ4n) is 2.74. The van der Waals surface area contributed by atoms with E-state index in [1.165, 1.54) is 23.2 Å². The van der Waals surface area contributed by atoms with Crippen LogP contribution in [0.4, 0.5) is 19.0 Å². The molecule has 1 N–H and O–H groups in total. The third kappa shape index (κ3) is 6.16. The summed E-state index contributed by atoms with van der Waals surface area (Å²) in [7, 11) is 1.59. The number of rotatable bonds is 7. The normalized spacial score (nSPS) is 13.6. The SMILES string of the molecule is Cc1cc(C(=O)N(C)Cc2ccc(OCC(F)(F)F)nc2)cc(NC(=O)C2CC2)n1. The fourth-order valence-corrected chi connectivity index (χ4v) is 2.74. The molecule has 2 aromatic heterocycles. The zero-order chi connectivity index (χ0) is 21.9. The number of carbonyl (C=O) groups excluding carboxylic acids is 2. The number of nitrogens with zero attached hydrogens (tertiary/aromatic N) is 3. The second-order valence-corrected chi connectivity index (χ2v) is 7.22. The Morgan fingerprint density at radius 3 is 2.60 bits per heavy atom. The van der Waals surface area contributed by atoms with Gasteiger partial charge < -0.3 is 15.0 Å². The molecule has 0 radical (unpaired) electrons. The van der Waals surface area contributed by atoms with Gasteiger partial charge in [0, 0.05) is 43.0 Å². The minimum Gasteiger partial charge on any atom is -0.468 e. The van der Waals surface area contributed by atoms with E-state index in [2.05, 4.69) is 20.0 Å². The lowest BCUT2D eigenvalue weighted by atomic mass is 10.2. The molecule has 0 saturated heterocycles. The Balaban J connectivity index is 1.62. The first-order chi connectivity index (χ1) is 14.1. The number of nitrogens with one attached hydrogen (secondary N) is 1. The largest absolute Gasteiger partial charge is 0.468 e. The van der Waals surface area contributed by atoms with Gasteiger partial charge in [0.15, 0.2) is 6.61 Å². The smallest absolute Gasteiger partial charge is 0.422 e. The topological polar surface area (TPSA) is 84.4 Å². The van der Waals surface area contributed by atoms with Gasteiger partial charge in [-0.15, -0.1) is 0 Å². The van der Waals surface area contributed by atoms with Crippen molar-refractivity contribution in [2.45, 2.75) is 32.5 Å². The van der Waals surface area contributed by atoms with Crippen LogP contribution in [0.2, 0.25) is 0 Å². The fraction of sp³-hybridized carbons (Fsp3) is 0.400. The minimum atomic E-state index is -4.44. The molecule has 0 spiro atoms. The van der Waals surface area contributed by atoms with Crippen molar-refractivity contribution in [2.75, 3.05) is 19.0 Å². The maximum Gasteiger partial charge on any atom is 0.422 e. The lowest BCUT2D eigenvalue weighted by molar-refractivity contribution is -0.154. The standard InChI is InChI=1S/C20H21F3N4O3/c1-12-7-15(8-16(25-12)26-18(28)14-4-5-14)19(29)27(2)10-13-3-6-17(24-9-13)30-11-20(21,22)23/h3,6-9,14H,4-5,10-11H2,1-2H3,(H,25,26,28). The molecule has 0 aliphatic heterocycles. The van der Waals surface area contributed by atoms with Gasteiger partial charge in [0.25, 0.3) is 5.91 Å². The molecule has 30 heavy (non-hydrogen) atoms. The molecule has 1 aliphatic carbocycles. The third-order valence-electron chi connectivity index (χ3n) is 4.35. The monoisotopic (exact) mass is 422 g/mol. The van der Waals surface area contributed by atoms with Gasteiger partial charge in [0.2, 0.25) is 11.8 Å². The molecule has 0 aromatic carbocycles. The summed E-state index contributed by atoms with van der Waals surface area (Å²) < 4.78 is 41.1. The van der Waals surface area contributed by atoms with Gasteiger partial charge in [-0.2, -0.15) is 13.2 Å². The Labute approximate surface area is 171 Å². The molecule has 2 aromatic rings. The number of pyridine rings is 2. The highest BCUT2D eigenvalue weighted by atomic mass is 19.4. The van der Waals surface area contributed by atoms with Crippen LogP contribution >= 0.6 is 0 Å². The first-order valence-electron chi connectivity index (χ1n) is 9.30. The summed E-state index contributed by atoms with van der Waals surface area (Å²) in [6.45, 7) is 0.502. The summed E-state index contributed by atoms with van der Waals surface area (Å²) in [5, 5.41) is 2.73. The van der Waals surface area contributed by atoms with Crippen LogP contribution in [-0.2, 0) is 11.3 Å². The first-order valence-corrected chi connectivity index (χ1v) is 9.30. The van der Waals surface area contributed by atoms with Crippen LogP contribution < -0.4 is 10.1 Å². The Kier molecular flexibility index (Phi) is 6.23. The van der Waals surface area contributed by atoms with E-state index in [0.717, 1.165) is 12.8 Å². The summed E-state index contributed by atoms with van der Waals surface area (Å²) in [5.74, 6) is -0.189. The van der Waals surface area contributed by atoms with E-state index in [1.807, 2.05) is 0 Å². The zero-order valence-electron chi connectivity index (χ0n) is 16.5. The summed E-state index contributed by atoms with van der Waals surface area (Å²) >= 11 is 0. The Morgan fingerprint density at radius 2 is 2.00 bits per heavy atom. The lowest BCUT2D eigenvalue weighted by Gasteiger charge is -2.18. The van der Waals surface area contributed by atoms with Gasteiger partial charge in [-0.3, -0.25) is 9.59 Å². The predicted octanol–water partition coefficient (Wildman–Crippen LogP) is 3.35. The van der Waals surface area contributed by atoms with Crippen LogP contribution in [0.3, 0.4) is 0 Å². The van der Waals surface area contributed by atoms with Crippen LogP contribution in [0.15, 0.2) is 30.5 Å². The molecule has 0 bridgehead atoms. The summed E-state index contributed by atoms with van der Waals surface area (Å²) in [6, 6.07) is 6.01. The van der Waals surface area contributed by atoms with E-state index in [4.69, 9.17) is 0 Å². The van der Waals surface area contributed by atoms with Crippen LogP contribution in [0.25, 0.3) is 0 Å². The van der Waals surface area contributed by atoms with Crippen molar-refractivity contribution in [2.24, 2.45) is 5.92 Å². The number of carbonyl (C=O) groups is 2. The van der Waals surface area contributed by atoms with Gasteiger partial charge in [0.05, 0.1) is 0 Å². The maximum atomic E-state index is 12.8. The van der Waals surface area contributed by atoms with E-state index >= 15 is 0 Å². The quantitative estimate of drug-likeness (QED) is 0.740. The molecule has 1 saturated carbocycles. The third-order valence-corrected chi connectivity index (χ3v) is 4.35. The van der Waals surface area contributed by atoms with Crippen molar-refractivity contribution >= 4 is 17.6 Å². The molecule has 7 nitrogen and oxygen atoms in total. The highest BCUT2D eigenvalue weighted by Crippen LogP contribution is 2.30. The van der Waals surface area contributed by atoms with Crippen molar-refractivity contribution in [1.82, 2.24) is 14.9 Å². The van der Waals surface area contributed by atoms with Crippen LogP contribution in [-0.4, -0.2) is 46.5 Å². The average molecular weight is 422 g/mol. The molecular weight excluding hydrogens is 401 g/mol. The number of amides is 2. The first kappa shape index (κ1) is 21.5. The van der Waals surface area contributed by atoms with Crippen LogP contribution in [0.1, 0.15) is 34.5 Å². The molecule has 1 aliphatic rings. The Bertz CT molecular complexity index is 928. The van der Waals surface area contributed by atoms with E-state index in [1.54, 1.807) is 26.1 Å². The highest BCUT2D eigenvalue weighted by molar-refractivity contribution is 5.97. The number of anilines is 1. The number of ether oxygens (including phenoxy) is 1. The van der Waals surface area contributed by atoms with Crippen LogP contribution in [0, 0.1) is 12.8 Å². The van der Waals surface area contributed by atoms with Crippen LogP contribution in [0.5, 0.6) is 5.88 Å². The van der Waals surface area contributed by atoms with Gasteiger partial charge in [-0.1, -0.05) is 6.07 Å². The van der Waals surface area contributed by atoms with Gasteiger partial charge in [-0.25, -0.2) is 9.97 Å². The van der Waals surface area contributed by atoms with E-state index in [9.17, 15) is 22.8 Å². The second kappa shape index (κ2) is 8.68. The summed E-state index contributed by atoms with van der Waals surface area (Å²) in [6.07, 6.45) is -1.36. The van der Waals surface area contributed by atoms with Crippen molar-refractivity contribution < 1.29 is 27.5 Å². The number of aryl methyl sites for hydroxylation is 1. The number of alkyl halides is 3. The van der Waals surface area contributed by atoms with Gasteiger partial charge in [-0.05, 0) is 37.5 Å². The van der Waals surface area contributed by atoms with Gasteiger partial charge >= 0.3 is 6.18 Å². The van der Waals surface area contributed by atoms with Crippen molar-refractivity contribution in [3.05, 3.63) is 47.3 Å². The molecule has 1 fully saturated rings. The van der Waals surface area contributed by atoms with Gasteiger partial charge in [0.1, 0.15) is 5.82 Å². The molecule has 3 rings (SSSR count). The molecule has 160 valence electrons. The van der Waals surface area contributed by atoms with E-state index in [0.29, 0.717) is 22.6 Å². The van der Waals surface area contributed by atoms with Crippen molar-refractivity contribution in [1.29, 1.82) is 0 Å². The molecule has 2 heterocycles. The Morgan fingerprint density at radius 1 is 1.27 bits per heavy atom. The highest BCUT2D eigenvalue weighted by Gasteiger charge is 2.30. The zero-order valence-corrected chi connectivity index (χ0v) is 16.5. The number of hydrogen-bond donors (Lipinski definition) is 1. The van der Waals surface area contributed by atoms with E-state index < -0.39 is 12.8 Å². The summed E-state index contributed by atoms with van der Waals surface area (Å²) in [5.41, 5.74) is 1.58. The van der Waals surface area contributed by atoms with E-state index in [-0.39, 0.29) is 30.2 Å². The number of hydrogen-bond acceptors (Lipinski definition) is 5. The van der Waals surface area contributed by atoms with Crippen molar-refractivity contribution in [3.63, 3.8) is 0 Å². The summed E-state index contributed by atoms with van der Waals surface area (Å²) in [4.78, 5) is 34.2. The number of aromatic nitrogens is 2. The second-order valence-electron chi connectivity index (χ2n) is 7.22. The predicted molar refractivity (Wildman–Crippen MR) is 102 cm³/mol. The minimum absolute atomic E-state index is 0.0183. The molecule has 10 heteroatoms. The Hall–Kier alpha value is -3.17. The molecule has 0 unspecified atom stereocenters. The maximum absolute atomic E-state index is 12.8. The van der Waals surface area contributed by atoms with Crippen molar-refractivity contribution in [3.8, 4) is 5.88 Å². The molecule has 2 amide bonds. The molecular formula is C20H21F3N4O3. The number of halogens is 3. The lowest BCUT2D eigenvalue weighted by Crippen LogP contribution is -2.27. The average Bonchev–Trinajstić information content (AvgIpc) is 3.51.